The summed E-state index contributed by atoms with van der Waals surface area (Å²) in [6.07, 6.45) is 0. The molecule has 0 bridgehead atoms. The van der Waals surface area contributed by atoms with Crippen molar-refractivity contribution >= 4 is 48.5 Å². The normalized spacial score (nSPS) is 10.6. The number of hydrogen-bond acceptors (Lipinski definition) is 4. The second-order valence-corrected chi connectivity index (χ2v) is 6.18. The highest BCUT2D eigenvalue weighted by Crippen LogP contribution is 2.31. The van der Waals surface area contributed by atoms with Crippen LogP contribution in [0.2, 0.25) is 0 Å². The Morgan fingerprint density at radius 3 is 2.86 bits per heavy atom. The largest absolute Gasteiger partial charge is 0.497 e. The fourth-order valence-corrected chi connectivity index (χ4v) is 3.38. The highest BCUT2D eigenvalue weighted by atomic mass is 79.9. The van der Waals surface area contributed by atoms with Crippen molar-refractivity contribution in [1.29, 1.82) is 0 Å². The highest BCUT2D eigenvalue weighted by molar-refractivity contribution is 9.10. The molecule has 3 rings (SSSR count). The molecule has 0 aliphatic carbocycles. The number of amides is 1. The quantitative estimate of drug-likeness (QED) is 0.754. The Kier molecular flexibility index (Phi) is 3.90. The predicted octanol–water partition coefficient (Wildman–Crippen LogP) is 4.32. The van der Waals surface area contributed by atoms with Crippen molar-refractivity contribution < 1.29 is 9.53 Å². The first-order valence-electron chi connectivity index (χ1n) is 6.18. The van der Waals surface area contributed by atoms with Crippen LogP contribution in [0.5, 0.6) is 5.75 Å². The van der Waals surface area contributed by atoms with Crippen molar-refractivity contribution in [3.05, 3.63) is 52.5 Å². The molecule has 21 heavy (non-hydrogen) atoms. The van der Waals surface area contributed by atoms with Crippen molar-refractivity contribution in [2.45, 2.75) is 0 Å². The zero-order valence-corrected chi connectivity index (χ0v) is 13.5. The van der Waals surface area contributed by atoms with Crippen LogP contribution < -0.4 is 10.1 Å². The van der Waals surface area contributed by atoms with Crippen molar-refractivity contribution in [2.24, 2.45) is 0 Å². The lowest BCUT2D eigenvalue weighted by atomic mass is 10.2. The second kappa shape index (κ2) is 5.83. The molecule has 0 radical (unpaired) electrons. The summed E-state index contributed by atoms with van der Waals surface area (Å²) in [6.45, 7) is 0. The third kappa shape index (κ3) is 2.91. The number of fused-ring (bicyclic) bond motifs is 1. The van der Waals surface area contributed by atoms with Crippen LogP contribution in [-0.4, -0.2) is 18.0 Å². The Hall–Kier alpha value is -1.92. The fourth-order valence-electron chi connectivity index (χ4n) is 1.90. The number of hydrogen-bond donors (Lipinski definition) is 1. The fraction of sp³-hybridized carbons (Fsp3) is 0.0667. The van der Waals surface area contributed by atoms with Gasteiger partial charge in [-0.2, -0.15) is 0 Å². The highest BCUT2D eigenvalue weighted by Gasteiger charge is 2.11. The molecule has 0 fully saturated rings. The van der Waals surface area contributed by atoms with Crippen LogP contribution in [0.3, 0.4) is 0 Å². The van der Waals surface area contributed by atoms with Gasteiger partial charge >= 0.3 is 0 Å². The maximum Gasteiger partial charge on any atom is 0.257 e. The number of rotatable bonds is 3. The first kappa shape index (κ1) is 14.0. The Labute approximate surface area is 133 Å². The lowest BCUT2D eigenvalue weighted by Crippen LogP contribution is -2.11. The van der Waals surface area contributed by atoms with E-state index in [0.29, 0.717) is 16.4 Å². The number of para-hydroxylation sites is 1. The van der Waals surface area contributed by atoms with Crippen LogP contribution >= 0.6 is 27.3 Å². The minimum absolute atomic E-state index is 0.205. The maximum atomic E-state index is 12.2. The Bertz CT molecular complexity index is 816. The van der Waals surface area contributed by atoms with Gasteiger partial charge in [0.2, 0.25) is 0 Å². The summed E-state index contributed by atoms with van der Waals surface area (Å²) >= 11 is 4.90. The number of anilines is 1. The van der Waals surface area contributed by atoms with E-state index in [1.165, 1.54) is 11.3 Å². The van der Waals surface area contributed by atoms with E-state index >= 15 is 0 Å². The molecule has 0 aliphatic heterocycles. The molecule has 1 heterocycles. The number of carbonyl (C=O) groups excluding carboxylic acids is 1. The van der Waals surface area contributed by atoms with Crippen LogP contribution in [0.25, 0.3) is 10.2 Å². The molecule has 0 saturated heterocycles. The predicted molar refractivity (Wildman–Crippen MR) is 88.3 cm³/mol. The molecule has 6 heteroatoms. The first-order chi connectivity index (χ1) is 10.2. The molecule has 2 aromatic carbocycles. The summed E-state index contributed by atoms with van der Waals surface area (Å²) in [4.78, 5) is 16.7. The van der Waals surface area contributed by atoms with E-state index in [1.807, 2.05) is 18.2 Å². The van der Waals surface area contributed by atoms with Gasteiger partial charge in [0.15, 0.2) is 5.13 Å². The smallest absolute Gasteiger partial charge is 0.257 e. The standard InChI is InChI=1S/C15H11BrN2O2S/c1-20-10-5-2-4-9(8-10)14(19)18-15-17-13-11(16)6-3-7-12(13)21-15/h2-8H,1H3,(H,17,18,19). The number of ether oxygens (including phenoxy) is 1. The Morgan fingerprint density at radius 1 is 1.29 bits per heavy atom. The molecule has 1 N–H and O–H groups in total. The zero-order chi connectivity index (χ0) is 14.8. The summed E-state index contributed by atoms with van der Waals surface area (Å²) in [5.41, 5.74) is 1.39. The summed E-state index contributed by atoms with van der Waals surface area (Å²) in [5.74, 6) is 0.443. The monoisotopic (exact) mass is 362 g/mol. The number of nitrogens with one attached hydrogen (secondary N) is 1. The van der Waals surface area contributed by atoms with Gasteiger partial charge in [-0.1, -0.05) is 23.5 Å². The van der Waals surface area contributed by atoms with Gasteiger partial charge < -0.3 is 4.74 Å². The number of thiazole rings is 1. The maximum absolute atomic E-state index is 12.2. The average Bonchev–Trinajstić information content (AvgIpc) is 2.91. The molecule has 0 aliphatic rings. The number of nitrogens with zero attached hydrogens (tertiary/aromatic N) is 1. The molecule has 0 atom stereocenters. The Morgan fingerprint density at radius 2 is 2.10 bits per heavy atom. The van der Waals surface area contributed by atoms with Gasteiger partial charge in [-0.3, -0.25) is 10.1 Å². The first-order valence-corrected chi connectivity index (χ1v) is 7.79. The lowest BCUT2D eigenvalue weighted by Gasteiger charge is -2.03. The van der Waals surface area contributed by atoms with Gasteiger partial charge in [-0.15, -0.1) is 0 Å². The van der Waals surface area contributed by atoms with Gasteiger partial charge in [-0.25, -0.2) is 4.98 Å². The van der Waals surface area contributed by atoms with Gasteiger partial charge in [0.25, 0.3) is 5.91 Å². The van der Waals surface area contributed by atoms with Crippen molar-refractivity contribution in [3.63, 3.8) is 0 Å². The van der Waals surface area contributed by atoms with Gasteiger partial charge in [0.05, 0.1) is 17.3 Å². The molecule has 1 amide bonds. The third-order valence-electron chi connectivity index (χ3n) is 2.92. The van der Waals surface area contributed by atoms with E-state index in [4.69, 9.17) is 4.74 Å². The minimum atomic E-state index is -0.205. The summed E-state index contributed by atoms with van der Waals surface area (Å²) in [6, 6.07) is 12.8. The van der Waals surface area contributed by atoms with E-state index in [-0.39, 0.29) is 5.91 Å². The zero-order valence-electron chi connectivity index (χ0n) is 11.1. The van der Waals surface area contributed by atoms with Crippen molar-refractivity contribution in [2.75, 3.05) is 12.4 Å². The number of benzene rings is 2. The van der Waals surface area contributed by atoms with Crippen LogP contribution in [0.1, 0.15) is 10.4 Å². The molecule has 0 saturated carbocycles. The summed E-state index contributed by atoms with van der Waals surface area (Å²) < 4.78 is 7.05. The van der Waals surface area contributed by atoms with Gasteiger partial charge in [-0.05, 0) is 46.3 Å². The molecule has 106 valence electrons. The van der Waals surface area contributed by atoms with E-state index < -0.39 is 0 Å². The van der Waals surface area contributed by atoms with Crippen LogP contribution in [0.15, 0.2) is 46.9 Å². The third-order valence-corrected chi connectivity index (χ3v) is 4.50. The summed E-state index contributed by atoms with van der Waals surface area (Å²) in [5, 5.41) is 3.39. The van der Waals surface area contributed by atoms with Crippen LogP contribution in [-0.2, 0) is 0 Å². The van der Waals surface area contributed by atoms with E-state index in [2.05, 4.69) is 26.2 Å². The van der Waals surface area contributed by atoms with Gasteiger partial charge in [0.1, 0.15) is 5.75 Å². The number of halogens is 1. The summed E-state index contributed by atoms with van der Waals surface area (Å²) in [7, 11) is 1.57. The molecule has 3 aromatic rings. The van der Waals surface area contributed by atoms with E-state index in [1.54, 1.807) is 31.4 Å². The minimum Gasteiger partial charge on any atom is -0.497 e. The molecule has 4 nitrogen and oxygen atoms in total. The number of carbonyl (C=O) groups is 1. The van der Waals surface area contributed by atoms with Crippen molar-refractivity contribution in [1.82, 2.24) is 4.98 Å². The van der Waals surface area contributed by atoms with Crippen LogP contribution in [0, 0.1) is 0 Å². The number of methoxy groups -OCH3 is 1. The molecular weight excluding hydrogens is 352 g/mol. The molecule has 1 aromatic heterocycles. The molecular formula is C15H11BrN2O2S. The van der Waals surface area contributed by atoms with Gasteiger partial charge in [0, 0.05) is 10.0 Å². The molecule has 0 unspecified atom stereocenters. The van der Waals surface area contributed by atoms with Crippen molar-refractivity contribution in [3.8, 4) is 5.75 Å². The Balaban J connectivity index is 1.87. The second-order valence-electron chi connectivity index (χ2n) is 4.29. The lowest BCUT2D eigenvalue weighted by molar-refractivity contribution is 0.102. The average molecular weight is 363 g/mol. The van der Waals surface area contributed by atoms with E-state index in [0.717, 1.165) is 14.7 Å². The topological polar surface area (TPSA) is 51.2 Å². The van der Waals surface area contributed by atoms with Crippen LogP contribution in [0.4, 0.5) is 5.13 Å². The number of aromatic nitrogens is 1. The molecule has 0 spiro atoms. The van der Waals surface area contributed by atoms with E-state index in [9.17, 15) is 4.79 Å². The SMILES string of the molecule is COc1cccc(C(=O)Nc2nc3c(Br)cccc3s2)c1.